The van der Waals surface area contributed by atoms with Gasteiger partial charge in [0.1, 0.15) is 0 Å². The number of H-pyrrole nitrogens is 2. The summed E-state index contributed by atoms with van der Waals surface area (Å²) in [7, 11) is -7.33. The van der Waals surface area contributed by atoms with E-state index in [-0.39, 0.29) is 0 Å². The van der Waals surface area contributed by atoms with E-state index in [4.69, 9.17) is 9.11 Å². The summed E-state index contributed by atoms with van der Waals surface area (Å²) in [6.45, 7) is 9.73. The molecule has 2 fully saturated rings. The predicted molar refractivity (Wildman–Crippen MR) is 229 cm³/mol. The lowest BCUT2D eigenvalue weighted by Crippen LogP contribution is -2.50. The van der Waals surface area contributed by atoms with Crippen molar-refractivity contribution in [3.05, 3.63) is 71.0 Å². The normalized spacial score (nSPS) is 25.0. The second kappa shape index (κ2) is 18.9. The van der Waals surface area contributed by atoms with Gasteiger partial charge in [-0.3, -0.25) is 18.9 Å². The van der Waals surface area contributed by atoms with Crippen LogP contribution in [0, 0.1) is 11.8 Å². The molecule has 0 bridgehead atoms. The minimum absolute atomic E-state index is 0.715. The summed E-state index contributed by atoms with van der Waals surface area (Å²) in [5, 5.41) is 3.06. The molecule has 1 unspecified atom stereocenters. The van der Waals surface area contributed by atoms with E-state index in [2.05, 4.69) is 94.9 Å². The van der Waals surface area contributed by atoms with Crippen molar-refractivity contribution in [2.45, 2.75) is 76.3 Å². The summed E-state index contributed by atoms with van der Waals surface area (Å²) in [5.41, 5.74) is 8.96. The van der Waals surface area contributed by atoms with Crippen LogP contribution in [0.4, 0.5) is 0 Å². The Morgan fingerprint density at radius 2 is 1.06 bits per heavy atom. The standard InChI is InChI=1S/2C19H26N2S.2CH4O3S/c2*1-3-7-21-11-13(12-22-2)8-16-15-5-4-6-17-19(15)14(10-20-17)9-18(16)21;2*1-5(2,3)4/h2*4-6,10,13,16,18,20H,3,7-9,11-12H2,1-2H3;2*1H3,(H,2,3,4)/t13?,16-,18-;13-,16-,18-;;/m11../s1. The number of thioether (sulfide) groups is 2. The Balaban J connectivity index is 0.000000167. The molecule has 0 spiro atoms. The molecule has 2 aliphatic heterocycles. The van der Waals surface area contributed by atoms with Crippen LogP contribution in [0.25, 0.3) is 21.8 Å². The number of rotatable bonds is 8. The fraction of sp³-hybridized carbons (Fsp3) is 0.600. The summed E-state index contributed by atoms with van der Waals surface area (Å²) >= 11 is 4.03. The molecule has 0 amide bonds. The molecule has 4 aliphatic rings. The largest absolute Gasteiger partial charge is 0.361 e. The Bertz CT molecular complexity index is 1890. The average molecular weight is 821 g/mol. The number of aromatic nitrogens is 2. The van der Waals surface area contributed by atoms with E-state index >= 15 is 0 Å². The summed E-state index contributed by atoms with van der Waals surface area (Å²) in [5.74, 6) is 5.75. The maximum atomic E-state index is 9.19. The van der Waals surface area contributed by atoms with Gasteiger partial charge in [0.25, 0.3) is 20.2 Å². The van der Waals surface area contributed by atoms with Crippen molar-refractivity contribution >= 4 is 65.6 Å². The lowest BCUT2D eigenvalue weighted by atomic mass is 9.72. The van der Waals surface area contributed by atoms with E-state index in [1.807, 2.05) is 23.5 Å². The van der Waals surface area contributed by atoms with E-state index in [9.17, 15) is 16.8 Å². The van der Waals surface area contributed by atoms with Crippen molar-refractivity contribution in [1.29, 1.82) is 0 Å². The molecule has 300 valence electrons. The number of nitrogens with zero attached hydrogens (tertiary/aromatic N) is 2. The van der Waals surface area contributed by atoms with Gasteiger partial charge >= 0.3 is 0 Å². The number of fused-ring (bicyclic) bond motifs is 4. The van der Waals surface area contributed by atoms with Crippen molar-refractivity contribution in [2.75, 3.05) is 62.7 Å². The van der Waals surface area contributed by atoms with Crippen LogP contribution in [-0.4, -0.2) is 121 Å². The highest BCUT2D eigenvalue weighted by Crippen LogP contribution is 2.46. The Kier molecular flexibility index (Phi) is 15.1. The summed E-state index contributed by atoms with van der Waals surface area (Å²) in [6.07, 6.45) is 18.2. The number of benzene rings is 2. The smallest absolute Gasteiger partial charge is 0.261 e. The zero-order valence-electron chi connectivity index (χ0n) is 32.6. The first-order chi connectivity index (χ1) is 25.6. The molecule has 4 aromatic rings. The molecular weight excluding hydrogens is 761 g/mol. The molecule has 4 heterocycles. The predicted octanol–water partition coefficient (Wildman–Crippen LogP) is 7.55. The van der Waals surface area contributed by atoms with E-state index in [1.165, 1.54) is 109 Å². The van der Waals surface area contributed by atoms with Crippen LogP contribution in [-0.2, 0) is 33.1 Å². The Morgan fingerprint density at radius 1 is 0.685 bits per heavy atom. The monoisotopic (exact) mass is 820 g/mol. The van der Waals surface area contributed by atoms with Gasteiger partial charge in [0.2, 0.25) is 0 Å². The van der Waals surface area contributed by atoms with Gasteiger partial charge in [-0.05, 0) is 122 Å². The van der Waals surface area contributed by atoms with Crippen LogP contribution in [0.1, 0.15) is 73.6 Å². The van der Waals surface area contributed by atoms with Crippen LogP contribution < -0.4 is 0 Å². The molecule has 10 nitrogen and oxygen atoms in total. The van der Waals surface area contributed by atoms with E-state index in [0.29, 0.717) is 24.6 Å². The third kappa shape index (κ3) is 11.1. The number of hydrogen-bond donors (Lipinski definition) is 4. The molecule has 2 aromatic carbocycles. The van der Waals surface area contributed by atoms with Gasteiger partial charge in [-0.1, -0.05) is 38.1 Å². The number of aromatic amines is 2. The van der Waals surface area contributed by atoms with Gasteiger partial charge in [0.05, 0.1) is 12.5 Å². The maximum Gasteiger partial charge on any atom is 0.261 e. The second-order valence-electron chi connectivity index (χ2n) is 15.5. The highest BCUT2D eigenvalue weighted by molar-refractivity contribution is 7.98. The zero-order chi connectivity index (χ0) is 39.2. The quantitative estimate of drug-likeness (QED) is 0.132. The molecule has 2 aromatic heterocycles. The van der Waals surface area contributed by atoms with Crippen molar-refractivity contribution in [1.82, 2.24) is 19.8 Å². The SMILES string of the molecule is CCCN1CC(CSC)C[C@@H]2c3cccc4[nH]cc(c34)C[C@H]21.CCCN1C[C@H](CSC)C[C@@H]2c3cccc4[nH]cc(c34)C[C@H]21.CS(=O)(=O)O.CS(=O)(=O)O. The molecule has 8 rings (SSSR count). The Hall–Kier alpha value is -2.04. The molecule has 14 heteroatoms. The Morgan fingerprint density at radius 3 is 1.39 bits per heavy atom. The second-order valence-corrected chi connectivity index (χ2v) is 20.2. The van der Waals surface area contributed by atoms with E-state index in [0.717, 1.165) is 23.7 Å². The highest BCUT2D eigenvalue weighted by atomic mass is 32.2. The van der Waals surface area contributed by atoms with Crippen LogP contribution in [0.3, 0.4) is 0 Å². The van der Waals surface area contributed by atoms with Gasteiger partial charge in [-0.25, -0.2) is 0 Å². The van der Waals surface area contributed by atoms with Crippen LogP contribution in [0.15, 0.2) is 48.8 Å². The first-order valence-corrected chi connectivity index (χ1v) is 25.6. The Labute approximate surface area is 331 Å². The lowest BCUT2D eigenvalue weighted by molar-refractivity contribution is 0.0926. The van der Waals surface area contributed by atoms with E-state index < -0.39 is 20.2 Å². The average Bonchev–Trinajstić information content (AvgIpc) is 3.71. The molecule has 6 atom stereocenters. The lowest BCUT2D eigenvalue weighted by Gasteiger charge is -2.47. The first-order valence-electron chi connectivity index (χ1n) is 19.1. The van der Waals surface area contributed by atoms with Crippen LogP contribution in [0.5, 0.6) is 0 Å². The van der Waals surface area contributed by atoms with Crippen LogP contribution in [0.2, 0.25) is 0 Å². The van der Waals surface area contributed by atoms with Crippen molar-refractivity contribution in [3.8, 4) is 0 Å². The number of nitrogens with one attached hydrogen (secondary N) is 2. The molecule has 54 heavy (non-hydrogen) atoms. The number of piperidine rings is 2. The maximum absolute atomic E-state index is 9.19. The highest BCUT2D eigenvalue weighted by Gasteiger charge is 2.41. The van der Waals surface area contributed by atoms with Crippen LogP contribution >= 0.6 is 23.5 Å². The van der Waals surface area contributed by atoms with Gasteiger partial charge < -0.3 is 9.97 Å². The van der Waals surface area contributed by atoms with Crippen molar-refractivity contribution < 1.29 is 25.9 Å². The third-order valence-electron chi connectivity index (χ3n) is 11.1. The summed E-state index contributed by atoms with van der Waals surface area (Å²) in [4.78, 5) is 12.6. The third-order valence-corrected chi connectivity index (χ3v) is 12.8. The number of hydrogen-bond acceptors (Lipinski definition) is 8. The summed E-state index contributed by atoms with van der Waals surface area (Å²) in [6, 6.07) is 15.2. The van der Waals surface area contributed by atoms with Gasteiger partial charge in [-0.15, -0.1) is 0 Å². The van der Waals surface area contributed by atoms with E-state index in [1.54, 1.807) is 11.1 Å². The molecule has 0 radical (unpaired) electrons. The minimum Gasteiger partial charge on any atom is -0.361 e. The van der Waals surface area contributed by atoms with Gasteiger partial charge in [-0.2, -0.15) is 40.4 Å². The molecular formula is C40H60N4O6S4. The molecule has 2 saturated heterocycles. The molecule has 0 saturated carbocycles. The zero-order valence-corrected chi connectivity index (χ0v) is 35.9. The molecule has 2 aliphatic carbocycles. The first kappa shape index (κ1) is 43.1. The fourth-order valence-electron chi connectivity index (χ4n) is 9.60. The topological polar surface area (TPSA) is 147 Å². The van der Waals surface area contributed by atoms with Crippen molar-refractivity contribution in [2.24, 2.45) is 11.8 Å². The molecule has 4 N–H and O–H groups in total. The minimum atomic E-state index is -3.67. The summed E-state index contributed by atoms with van der Waals surface area (Å²) < 4.78 is 51.7. The number of likely N-dealkylation sites (tertiary alicyclic amines) is 2. The van der Waals surface area contributed by atoms with Gasteiger partial charge in [0.15, 0.2) is 0 Å². The van der Waals surface area contributed by atoms with Crippen molar-refractivity contribution in [3.63, 3.8) is 0 Å². The fourth-order valence-corrected chi connectivity index (χ4v) is 11.0. The van der Waals surface area contributed by atoms with Gasteiger partial charge in [0, 0.05) is 71.2 Å².